The highest BCUT2D eigenvalue weighted by atomic mass is 19.4. The molecule has 0 spiro atoms. The number of carbonyl (C=O) groups excluding carboxylic acids is 1. The second kappa shape index (κ2) is 8.53. The van der Waals surface area contributed by atoms with Crippen LogP contribution >= 0.6 is 0 Å². The standard InChI is InChI=1S/C21H16F3N5O/c22-21(23,24)15-5-1-4-14(9-15)11-18(30)29-16-6-2-3-13(10-16)7-8-17-19(25)27-12-28-20(17)26/h1-6,9-10,12H,11H2,(H,29,30)(H4,25,26,27,28). The van der Waals surface area contributed by atoms with Crippen molar-refractivity contribution in [2.75, 3.05) is 16.8 Å². The largest absolute Gasteiger partial charge is 0.416 e. The van der Waals surface area contributed by atoms with Crippen molar-refractivity contribution in [3.8, 4) is 11.8 Å². The minimum Gasteiger partial charge on any atom is -0.382 e. The molecule has 6 nitrogen and oxygen atoms in total. The van der Waals surface area contributed by atoms with Crippen molar-refractivity contribution < 1.29 is 18.0 Å². The normalized spacial score (nSPS) is 10.8. The molecule has 3 rings (SSSR count). The second-order valence-corrected chi connectivity index (χ2v) is 6.27. The number of nitrogen functional groups attached to an aromatic ring is 2. The number of anilines is 3. The van der Waals surface area contributed by atoms with Crippen LogP contribution in [0.5, 0.6) is 0 Å². The molecule has 1 heterocycles. The van der Waals surface area contributed by atoms with Gasteiger partial charge >= 0.3 is 6.18 Å². The third kappa shape index (κ3) is 5.26. The number of carbonyl (C=O) groups is 1. The van der Waals surface area contributed by atoms with Crippen molar-refractivity contribution in [2.24, 2.45) is 0 Å². The maximum atomic E-state index is 12.8. The van der Waals surface area contributed by atoms with E-state index in [1.165, 1.54) is 18.5 Å². The number of nitrogens with two attached hydrogens (primary N) is 2. The van der Waals surface area contributed by atoms with Gasteiger partial charge in [-0.25, -0.2) is 9.97 Å². The van der Waals surface area contributed by atoms with E-state index in [2.05, 4.69) is 27.1 Å². The van der Waals surface area contributed by atoms with E-state index in [1.54, 1.807) is 24.3 Å². The molecule has 9 heteroatoms. The van der Waals surface area contributed by atoms with Gasteiger partial charge in [-0.3, -0.25) is 4.79 Å². The van der Waals surface area contributed by atoms with Gasteiger partial charge in [0.05, 0.1) is 12.0 Å². The number of nitrogens with zero attached hydrogens (tertiary/aromatic N) is 2. The highest BCUT2D eigenvalue weighted by Crippen LogP contribution is 2.29. The fourth-order valence-electron chi connectivity index (χ4n) is 2.60. The van der Waals surface area contributed by atoms with Crippen molar-refractivity contribution in [3.63, 3.8) is 0 Å². The van der Waals surface area contributed by atoms with E-state index >= 15 is 0 Å². The molecule has 0 saturated carbocycles. The Kier molecular flexibility index (Phi) is 5.88. The summed E-state index contributed by atoms with van der Waals surface area (Å²) in [7, 11) is 0. The number of aromatic nitrogens is 2. The SMILES string of the molecule is Nc1ncnc(N)c1C#Cc1cccc(NC(=O)Cc2cccc(C(F)(F)F)c2)c1. The van der Waals surface area contributed by atoms with E-state index < -0.39 is 17.6 Å². The lowest BCUT2D eigenvalue weighted by atomic mass is 10.1. The van der Waals surface area contributed by atoms with Crippen molar-refractivity contribution in [3.05, 3.63) is 77.1 Å². The minimum absolute atomic E-state index is 0.153. The number of halogens is 3. The van der Waals surface area contributed by atoms with Gasteiger partial charge in [-0.05, 0) is 29.8 Å². The van der Waals surface area contributed by atoms with Gasteiger partial charge in [0.15, 0.2) is 0 Å². The zero-order chi connectivity index (χ0) is 21.7. The molecule has 5 N–H and O–H groups in total. The lowest BCUT2D eigenvalue weighted by Crippen LogP contribution is -2.15. The molecular weight excluding hydrogens is 395 g/mol. The molecule has 1 amide bonds. The molecule has 0 fully saturated rings. The van der Waals surface area contributed by atoms with Crippen molar-refractivity contribution in [1.29, 1.82) is 0 Å². The van der Waals surface area contributed by atoms with Gasteiger partial charge < -0.3 is 16.8 Å². The summed E-state index contributed by atoms with van der Waals surface area (Å²) in [5, 5.41) is 2.65. The maximum absolute atomic E-state index is 12.8. The number of alkyl halides is 3. The molecule has 0 bridgehead atoms. The van der Waals surface area contributed by atoms with Gasteiger partial charge in [0.1, 0.15) is 23.5 Å². The molecule has 0 aliphatic rings. The monoisotopic (exact) mass is 411 g/mol. The van der Waals surface area contributed by atoms with E-state index in [-0.39, 0.29) is 23.6 Å². The van der Waals surface area contributed by atoms with Gasteiger partial charge in [0, 0.05) is 11.3 Å². The van der Waals surface area contributed by atoms with Crippen molar-refractivity contribution >= 4 is 23.2 Å². The van der Waals surface area contributed by atoms with E-state index in [0.29, 0.717) is 16.8 Å². The molecule has 0 atom stereocenters. The van der Waals surface area contributed by atoms with Crippen molar-refractivity contribution in [2.45, 2.75) is 12.6 Å². The summed E-state index contributed by atoms with van der Waals surface area (Å²) >= 11 is 0. The zero-order valence-corrected chi connectivity index (χ0v) is 15.5. The number of nitrogens with one attached hydrogen (secondary N) is 1. The number of rotatable bonds is 3. The van der Waals surface area contributed by atoms with Gasteiger partial charge in [-0.1, -0.05) is 36.1 Å². The summed E-state index contributed by atoms with van der Waals surface area (Å²) in [5.41, 5.74) is 12.2. The summed E-state index contributed by atoms with van der Waals surface area (Å²) in [6, 6.07) is 11.3. The number of hydrogen-bond donors (Lipinski definition) is 3. The van der Waals surface area contributed by atoms with Gasteiger partial charge in [0.25, 0.3) is 0 Å². The topological polar surface area (TPSA) is 107 Å². The Balaban J connectivity index is 1.72. The average molecular weight is 411 g/mol. The Labute approximate surface area is 170 Å². The molecule has 2 aromatic carbocycles. The summed E-state index contributed by atoms with van der Waals surface area (Å²) < 4.78 is 38.4. The van der Waals surface area contributed by atoms with Crippen LogP contribution in [0.2, 0.25) is 0 Å². The Hall–Kier alpha value is -4.06. The van der Waals surface area contributed by atoms with Crippen LogP contribution in [0.3, 0.4) is 0 Å². The maximum Gasteiger partial charge on any atom is 0.416 e. The van der Waals surface area contributed by atoms with Crippen LogP contribution in [-0.4, -0.2) is 15.9 Å². The quantitative estimate of drug-likeness (QED) is 0.574. The molecule has 0 unspecified atom stereocenters. The van der Waals surface area contributed by atoms with Gasteiger partial charge in [0.2, 0.25) is 5.91 Å². The van der Waals surface area contributed by atoms with E-state index in [4.69, 9.17) is 11.5 Å². The molecule has 30 heavy (non-hydrogen) atoms. The van der Waals surface area contributed by atoms with Gasteiger partial charge in [-0.2, -0.15) is 13.2 Å². The first-order valence-corrected chi connectivity index (χ1v) is 8.66. The van der Waals surface area contributed by atoms with E-state index in [0.717, 1.165) is 12.1 Å². The molecule has 0 saturated heterocycles. The van der Waals surface area contributed by atoms with Crippen LogP contribution in [0, 0.1) is 11.8 Å². The molecule has 3 aromatic rings. The zero-order valence-electron chi connectivity index (χ0n) is 15.5. The molecular formula is C21H16F3N5O. The Morgan fingerprint density at radius 3 is 2.40 bits per heavy atom. The fraction of sp³-hybridized carbons (Fsp3) is 0.0952. The van der Waals surface area contributed by atoms with Crippen LogP contribution in [0.15, 0.2) is 54.9 Å². The fourth-order valence-corrected chi connectivity index (χ4v) is 2.60. The first kappa shape index (κ1) is 20.7. The first-order valence-electron chi connectivity index (χ1n) is 8.66. The Morgan fingerprint density at radius 2 is 1.70 bits per heavy atom. The third-order valence-corrected chi connectivity index (χ3v) is 4.00. The molecule has 0 aliphatic heterocycles. The summed E-state index contributed by atoms with van der Waals surface area (Å²) in [4.78, 5) is 19.9. The van der Waals surface area contributed by atoms with Crippen LogP contribution in [0.25, 0.3) is 0 Å². The smallest absolute Gasteiger partial charge is 0.382 e. The number of hydrogen-bond acceptors (Lipinski definition) is 5. The van der Waals surface area contributed by atoms with Crippen LogP contribution < -0.4 is 16.8 Å². The second-order valence-electron chi connectivity index (χ2n) is 6.27. The Bertz CT molecular complexity index is 1130. The van der Waals surface area contributed by atoms with Crippen LogP contribution in [-0.2, 0) is 17.4 Å². The van der Waals surface area contributed by atoms with E-state index in [1.807, 2.05) is 0 Å². The highest BCUT2D eigenvalue weighted by Gasteiger charge is 2.30. The molecule has 0 aliphatic carbocycles. The third-order valence-electron chi connectivity index (χ3n) is 4.00. The minimum atomic E-state index is -4.46. The van der Waals surface area contributed by atoms with Crippen LogP contribution in [0.4, 0.5) is 30.5 Å². The van der Waals surface area contributed by atoms with Crippen LogP contribution in [0.1, 0.15) is 22.3 Å². The Morgan fingerprint density at radius 1 is 1.00 bits per heavy atom. The summed E-state index contributed by atoms with van der Waals surface area (Å²) in [6.45, 7) is 0. The first-order chi connectivity index (χ1) is 14.2. The average Bonchev–Trinajstić information content (AvgIpc) is 2.67. The predicted octanol–water partition coefficient (Wildman–Crippen LogP) is 3.24. The number of benzene rings is 2. The lowest BCUT2D eigenvalue weighted by Gasteiger charge is -2.09. The lowest BCUT2D eigenvalue weighted by molar-refractivity contribution is -0.137. The molecule has 152 valence electrons. The molecule has 0 radical (unpaired) electrons. The van der Waals surface area contributed by atoms with Gasteiger partial charge in [-0.15, -0.1) is 0 Å². The number of amides is 1. The van der Waals surface area contributed by atoms with Crippen molar-refractivity contribution in [1.82, 2.24) is 9.97 Å². The molecule has 1 aromatic heterocycles. The van der Waals surface area contributed by atoms with E-state index in [9.17, 15) is 18.0 Å². The highest BCUT2D eigenvalue weighted by molar-refractivity contribution is 5.92. The summed E-state index contributed by atoms with van der Waals surface area (Å²) in [5.74, 6) is 5.51. The predicted molar refractivity (Wildman–Crippen MR) is 107 cm³/mol. The summed E-state index contributed by atoms with van der Waals surface area (Å²) in [6.07, 6.45) is -3.43.